The number of carbonyl (C=O) groups is 3. The molecule has 1 saturated heterocycles. The van der Waals surface area contributed by atoms with Crippen LogP contribution in [-0.4, -0.2) is 53.8 Å². The van der Waals surface area contributed by atoms with Gasteiger partial charge in [-0.05, 0) is 0 Å². The second-order valence-corrected chi connectivity index (χ2v) is 5.97. The van der Waals surface area contributed by atoms with Crippen molar-refractivity contribution in [1.82, 2.24) is 10.4 Å². The number of allylic oxidation sites excluding steroid dienone is 1. The van der Waals surface area contributed by atoms with E-state index in [0.717, 1.165) is 0 Å². The van der Waals surface area contributed by atoms with E-state index in [4.69, 9.17) is 4.55 Å². The maximum atomic E-state index is 11.9. The molecule has 1 aliphatic rings. The minimum atomic E-state index is -5.11. The number of amides is 2. The number of rotatable bonds is 5. The van der Waals surface area contributed by atoms with Crippen LogP contribution in [0.15, 0.2) is 12.3 Å². The summed E-state index contributed by atoms with van der Waals surface area (Å²) in [6, 6.07) is 0. The minimum absolute atomic E-state index is 0.231. The molecule has 0 radical (unpaired) electrons. The highest BCUT2D eigenvalue weighted by Crippen LogP contribution is 2.26. The van der Waals surface area contributed by atoms with Crippen molar-refractivity contribution in [1.29, 1.82) is 0 Å². The number of nitrogens with zero attached hydrogens (tertiary/aromatic N) is 1. The first-order valence-corrected chi connectivity index (χ1v) is 7.38. The van der Waals surface area contributed by atoms with Crippen LogP contribution in [0.3, 0.4) is 0 Å². The Morgan fingerprint density at radius 3 is 2.43 bits per heavy atom. The molecule has 2 amide bonds. The summed E-state index contributed by atoms with van der Waals surface area (Å²) in [5, 5.41) is -0.218. The van der Waals surface area contributed by atoms with Crippen LogP contribution < -0.4 is 5.32 Å². The van der Waals surface area contributed by atoms with Crippen molar-refractivity contribution >= 4 is 27.9 Å². The van der Waals surface area contributed by atoms with Crippen LogP contribution in [-0.2, 0) is 29.3 Å². The third-order valence-corrected chi connectivity index (χ3v) is 3.70. The van der Waals surface area contributed by atoms with Crippen molar-refractivity contribution in [2.45, 2.75) is 24.3 Å². The Bertz CT molecular complexity index is 643. The van der Waals surface area contributed by atoms with Crippen molar-refractivity contribution in [3.05, 3.63) is 12.3 Å². The molecular formula is C10H11F3N2O7S. The van der Waals surface area contributed by atoms with Crippen molar-refractivity contribution in [2.24, 2.45) is 0 Å². The van der Waals surface area contributed by atoms with Crippen molar-refractivity contribution in [3.63, 3.8) is 0 Å². The maximum absolute atomic E-state index is 11.9. The first kappa shape index (κ1) is 18.9. The second-order valence-electron chi connectivity index (χ2n) is 4.37. The van der Waals surface area contributed by atoms with Gasteiger partial charge in [-0.1, -0.05) is 6.58 Å². The number of hydrogen-bond acceptors (Lipinski definition) is 6. The summed E-state index contributed by atoms with van der Waals surface area (Å²) in [6.07, 6.45) is -6.32. The molecule has 9 nitrogen and oxygen atoms in total. The molecule has 0 aromatic carbocycles. The van der Waals surface area contributed by atoms with Crippen LogP contribution >= 0.6 is 0 Å². The van der Waals surface area contributed by atoms with Crippen LogP contribution in [0.2, 0.25) is 0 Å². The number of halogens is 3. The van der Waals surface area contributed by atoms with Crippen LogP contribution in [0.5, 0.6) is 0 Å². The molecule has 1 fully saturated rings. The number of hydrogen-bond donors (Lipinski definition) is 2. The zero-order chi connectivity index (χ0) is 18.0. The number of nitrogens with one attached hydrogen (secondary N) is 1. The van der Waals surface area contributed by atoms with E-state index in [0.29, 0.717) is 0 Å². The summed E-state index contributed by atoms with van der Waals surface area (Å²) in [5.74, 6) is -4.72. The summed E-state index contributed by atoms with van der Waals surface area (Å²) >= 11 is 0. The van der Waals surface area contributed by atoms with Gasteiger partial charge in [-0.15, -0.1) is 5.06 Å². The molecule has 0 saturated carbocycles. The van der Waals surface area contributed by atoms with Gasteiger partial charge in [-0.25, -0.2) is 4.79 Å². The zero-order valence-corrected chi connectivity index (χ0v) is 12.1. The van der Waals surface area contributed by atoms with Crippen LogP contribution in [0.1, 0.15) is 12.8 Å². The van der Waals surface area contributed by atoms with Gasteiger partial charge in [0.05, 0.1) is 12.1 Å². The molecule has 0 spiro atoms. The molecule has 0 aromatic heterocycles. The van der Waals surface area contributed by atoms with E-state index >= 15 is 0 Å². The normalized spacial score (nSPS) is 19.0. The fraction of sp³-hybridized carbons (Fsp3) is 0.500. The lowest BCUT2D eigenvalue weighted by atomic mass is 10.3. The summed E-state index contributed by atoms with van der Waals surface area (Å²) in [5.41, 5.74) is -0.231. The van der Waals surface area contributed by atoms with E-state index in [1.807, 2.05) is 0 Å². The smallest absolute Gasteiger partial charge is 0.348 e. The van der Waals surface area contributed by atoms with E-state index in [-0.39, 0.29) is 10.8 Å². The predicted molar refractivity (Wildman–Crippen MR) is 65.7 cm³/mol. The average molecular weight is 360 g/mol. The van der Waals surface area contributed by atoms with Gasteiger partial charge in [0.15, 0.2) is 5.25 Å². The Labute approximate surface area is 127 Å². The van der Waals surface area contributed by atoms with Gasteiger partial charge in [0, 0.05) is 13.0 Å². The molecule has 1 unspecified atom stereocenters. The SMILES string of the molecule is C=C1CC(S(=O)(=O)O)C(=O)N1OC(=O)CCNC(=O)C(F)(F)F. The highest BCUT2D eigenvalue weighted by atomic mass is 32.2. The highest BCUT2D eigenvalue weighted by molar-refractivity contribution is 7.87. The fourth-order valence-electron chi connectivity index (χ4n) is 1.54. The Morgan fingerprint density at radius 1 is 1.43 bits per heavy atom. The predicted octanol–water partition coefficient (Wildman–Crippen LogP) is -0.484. The largest absolute Gasteiger partial charge is 0.471 e. The third-order valence-electron chi connectivity index (χ3n) is 2.61. The molecule has 13 heteroatoms. The standard InChI is InChI=1S/C10H11F3N2O7S/c1-5-4-6(23(19,20)21)8(17)15(5)22-7(16)2-3-14-9(18)10(11,12)13/h6H,1-4H2,(H,14,18)(H,19,20,21). The lowest BCUT2D eigenvalue weighted by Gasteiger charge is -2.16. The van der Waals surface area contributed by atoms with E-state index in [1.165, 1.54) is 5.32 Å². The molecule has 1 aliphatic heterocycles. The number of alkyl halides is 3. The summed E-state index contributed by atoms with van der Waals surface area (Å²) in [4.78, 5) is 38.0. The average Bonchev–Trinajstić information content (AvgIpc) is 2.65. The number of carbonyl (C=O) groups excluding carboxylic acids is 3. The zero-order valence-electron chi connectivity index (χ0n) is 11.3. The van der Waals surface area contributed by atoms with Crippen molar-refractivity contribution in [3.8, 4) is 0 Å². The Morgan fingerprint density at radius 2 is 2.00 bits per heavy atom. The van der Waals surface area contributed by atoms with Crippen LogP contribution in [0.4, 0.5) is 13.2 Å². The molecule has 130 valence electrons. The molecule has 2 N–H and O–H groups in total. The third kappa shape index (κ3) is 4.92. The Kier molecular flexibility index (Phi) is 5.37. The highest BCUT2D eigenvalue weighted by Gasteiger charge is 2.45. The topological polar surface area (TPSA) is 130 Å². The summed E-state index contributed by atoms with van der Waals surface area (Å²) < 4.78 is 66.3. The molecule has 0 aliphatic carbocycles. The van der Waals surface area contributed by atoms with E-state index < -0.39 is 58.7 Å². The van der Waals surface area contributed by atoms with Gasteiger partial charge in [0.25, 0.3) is 16.0 Å². The molecular weight excluding hydrogens is 349 g/mol. The molecule has 0 aromatic rings. The second kappa shape index (κ2) is 6.54. The van der Waals surface area contributed by atoms with Crippen molar-refractivity contribution < 1.29 is 45.4 Å². The van der Waals surface area contributed by atoms with Crippen LogP contribution in [0, 0.1) is 0 Å². The van der Waals surface area contributed by atoms with Crippen molar-refractivity contribution in [2.75, 3.05) is 6.54 Å². The summed E-state index contributed by atoms with van der Waals surface area (Å²) in [7, 11) is -4.72. The van der Waals surface area contributed by atoms with Gasteiger partial charge in [-0.3, -0.25) is 14.1 Å². The lowest BCUT2D eigenvalue weighted by molar-refractivity contribution is -0.186. The Hall–Kier alpha value is -2.15. The quantitative estimate of drug-likeness (QED) is 0.633. The number of hydroxylamine groups is 2. The first-order valence-electron chi connectivity index (χ1n) is 5.88. The monoisotopic (exact) mass is 360 g/mol. The fourth-order valence-corrected chi connectivity index (χ4v) is 2.29. The Balaban J connectivity index is 2.54. The maximum Gasteiger partial charge on any atom is 0.471 e. The van der Waals surface area contributed by atoms with Gasteiger partial charge in [-0.2, -0.15) is 21.6 Å². The minimum Gasteiger partial charge on any atom is -0.348 e. The lowest BCUT2D eigenvalue weighted by Crippen LogP contribution is -2.39. The van der Waals surface area contributed by atoms with E-state index in [2.05, 4.69) is 11.4 Å². The van der Waals surface area contributed by atoms with E-state index in [1.54, 1.807) is 0 Å². The molecule has 23 heavy (non-hydrogen) atoms. The van der Waals surface area contributed by atoms with Gasteiger partial charge in [0.1, 0.15) is 0 Å². The van der Waals surface area contributed by atoms with Gasteiger partial charge in [0.2, 0.25) is 0 Å². The molecule has 1 heterocycles. The van der Waals surface area contributed by atoms with Gasteiger partial charge < -0.3 is 10.2 Å². The first-order chi connectivity index (χ1) is 10.3. The van der Waals surface area contributed by atoms with Crippen LogP contribution in [0.25, 0.3) is 0 Å². The van der Waals surface area contributed by atoms with Gasteiger partial charge >= 0.3 is 18.1 Å². The molecule has 1 atom stereocenters. The molecule has 1 rings (SSSR count). The molecule has 0 bridgehead atoms. The summed E-state index contributed by atoms with van der Waals surface area (Å²) in [6.45, 7) is 2.56. The van der Waals surface area contributed by atoms with E-state index in [9.17, 15) is 36.0 Å².